The molecule has 6 heteroatoms. The Bertz CT molecular complexity index is 570. The highest BCUT2D eigenvalue weighted by Gasteiger charge is 2.16. The van der Waals surface area contributed by atoms with E-state index >= 15 is 0 Å². The zero-order valence-corrected chi connectivity index (χ0v) is 12.5. The summed E-state index contributed by atoms with van der Waals surface area (Å²) >= 11 is 13.9. The molecule has 0 bridgehead atoms. The monoisotopic (exact) mass is 316 g/mol. The second kappa shape index (κ2) is 6.55. The first-order valence-electron chi connectivity index (χ1n) is 5.68. The zero-order valence-electron chi connectivity index (χ0n) is 10.2. The van der Waals surface area contributed by atoms with Crippen molar-refractivity contribution in [2.45, 2.75) is 12.7 Å². The highest BCUT2D eigenvalue weighted by Crippen LogP contribution is 2.34. The Morgan fingerprint density at radius 3 is 2.37 bits per heavy atom. The van der Waals surface area contributed by atoms with Crippen molar-refractivity contribution in [1.29, 1.82) is 0 Å². The number of hydrogen-bond acceptors (Lipinski definition) is 3. The van der Waals surface area contributed by atoms with Gasteiger partial charge in [0.15, 0.2) is 0 Å². The molecule has 0 N–H and O–H groups in total. The van der Waals surface area contributed by atoms with Gasteiger partial charge in [0.25, 0.3) is 0 Å². The Labute approximate surface area is 125 Å². The van der Waals surface area contributed by atoms with E-state index in [2.05, 4.69) is 9.97 Å². The second-order valence-electron chi connectivity index (χ2n) is 3.71. The van der Waals surface area contributed by atoms with Gasteiger partial charge in [-0.25, -0.2) is 14.4 Å². The van der Waals surface area contributed by atoms with Crippen molar-refractivity contribution >= 4 is 35.0 Å². The number of halogens is 3. The molecule has 0 aliphatic rings. The maximum absolute atomic E-state index is 13.8. The Kier molecular flexibility index (Phi) is 5.02. The lowest BCUT2D eigenvalue weighted by molar-refractivity contribution is 0.631. The largest absolute Gasteiger partial charge is 0.220 e. The topological polar surface area (TPSA) is 25.8 Å². The summed E-state index contributed by atoms with van der Waals surface area (Å²) in [4.78, 5) is 8.34. The van der Waals surface area contributed by atoms with Crippen LogP contribution in [0.4, 0.5) is 4.39 Å². The van der Waals surface area contributed by atoms with E-state index in [1.165, 1.54) is 6.07 Å². The van der Waals surface area contributed by atoms with Crippen molar-refractivity contribution in [2.24, 2.45) is 0 Å². The Morgan fingerprint density at radius 2 is 1.79 bits per heavy atom. The second-order valence-corrected chi connectivity index (χ2v) is 5.70. The highest BCUT2D eigenvalue weighted by atomic mass is 35.5. The molecule has 0 aliphatic heterocycles. The minimum Gasteiger partial charge on any atom is -0.220 e. The number of hydrogen-bond donors (Lipinski definition) is 0. The molecule has 1 aromatic carbocycles. The van der Waals surface area contributed by atoms with Crippen LogP contribution in [0.25, 0.3) is 11.1 Å². The van der Waals surface area contributed by atoms with Crippen LogP contribution in [0.1, 0.15) is 12.7 Å². The number of thioether (sulfide) groups is 1. The fourth-order valence-corrected chi connectivity index (χ4v) is 2.73. The van der Waals surface area contributed by atoms with Gasteiger partial charge in [-0.1, -0.05) is 48.3 Å². The van der Waals surface area contributed by atoms with Gasteiger partial charge < -0.3 is 0 Å². The number of benzene rings is 1. The minimum absolute atomic E-state index is 0.178. The maximum Gasteiger partial charge on any atom is 0.142 e. The summed E-state index contributed by atoms with van der Waals surface area (Å²) < 4.78 is 13.8. The van der Waals surface area contributed by atoms with Crippen LogP contribution in [0.2, 0.25) is 10.3 Å². The number of rotatable bonds is 4. The molecule has 2 rings (SSSR count). The van der Waals surface area contributed by atoms with Crippen LogP contribution in [0.5, 0.6) is 0 Å². The molecule has 0 spiro atoms. The van der Waals surface area contributed by atoms with Crippen LogP contribution in [0.3, 0.4) is 0 Å². The van der Waals surface area contributed by atoms with Crippen molar-refractivity contribution in [3.8, 4) is 11.1 Å². The van der Waals surface area contributed by atoms with E-state index in [9.17, 15) is 4.39 Å². The smallest absolute Gasteiger partial charge is 0.142 e. The Hall–Kier alpha value is -0.840. The summed E-state index contributed by atoms with van der Waals surface area (Å²) in [6, 6.07) is 6.27. The van der Waals surface area contributed by atoms with Crippen molar-refractivity contribution in [3.05, 3.63) is 46.2 Å². The van der Waals surface area contributed by atoms with E-state index in [1.54, 1.807) is 30.0 Å². The fraction of sp³-hybridized carbons (Fsp3) is 0.231. The first-order valence-corrected chi connectivity index (χ1v) is 7.59. The van der Waals surface area contributed by atoms with Gasteiger partial charge in [0.2, 0.25) is 0 Å². The average molecular weight is 317 g/mol. The molecule has 0 saturated heterocycles. The van der Waals surface area contributed by atoms with E-state index < -0.39 is 5.82 Å². The van der Waals surface area contributed by atoms with E-state index in [0.717, 1.165) is 5.75 Å². The molecular weight excluding hydrogens is 306 g/mol. The first kappa shape index (κ1) is 14.6. The third-order valence-electron chi connectivity index (χ3n) is 2.45. The summed E-state index contributed by atoms with van der Waals surface area (Å²) in [7, 11) is 0. The maximum atomic E-state index is 13.8. The number of aromatic nitrogens is 2. The SMILES string of the molecule is CCSCc1nc(Cl)c(-c2ccccc2F)c(Cl)n1. The lowest BCUT2D eigenvalue weighted by atomic mass is 10.1. The van der Waals surface area contributed by atoms with E-state index in [-0.39, 0.29) is 10.3 Å². The molecule has 2 nitrogen and oxygen atoms in total. The quantitative estimate of drug-likeness (QED) is 0.754. The van der Waals surface area contributed by atoms with Gasteiger partial charge in [-0.05, 0) is 11.8 Å². The summed E-state index contributed by atoms with van der Waals surface area (Å²) in [6.07, 6.45) is 0. The average Bonchev–Trinajstić information content (AvgIpc) is 2.38. The molecule has 1 aromatic heterocycles. The molecule has 1 heterocycles. The molecule has 0 saturated carbocycles. The van der Waals surface area contributed by atoms with Crippen molar-refractivity contribution in [2.75, 3.05) is 5.75 Å². The molecule has 0 fully saturated rings. The molecule has 100 valence electrons. The van der Waals surface area contributed by atoms with Crippen LogP contribution >= 0.6 is 35.0 Å². The predicted molar refractivity (Wildman–Crippen MR) is 79.3 cm³/mol. The van der Waals surface area contributed by atoms with E-state index in [4.69, 9.17) is 23.2 Å². The lowest BCUT2D eigenvalue weighted by Crippen LogP contribution is -1.98. The van der Waals surface area contributed by atoms with Crippen LogP contribution in [0.15, 0.2) is 24.3 Å². The fourth-order valence-electron chi connectivity index (χ4n) is 1.59. The number of nitrogens with zero attached hydrogens (tertiary/aromatic N) is 2. The van der Waals surface area contributed by atoms with Gasteiger partial charge >= 0.3 is 0 Å². The van der Waals surface area contributed by atoms with Crippen LogP contribution < -0.4 is 0 Å². The third-order valence-corrected chi connectivity index (χ3v) is 3.86. The van der Waals surface area contributed by atoms with Gasteiger partial charge in [0.05, 0.1) is 11.3 Å². The standard InChI is InChI=1S/C13H11Cl2FN2S/c1-2-19-7-10-17-12(14)11(13(15)18-10)8-5-3-4-6-9(8)16/h3-6H,2,7H2,1H3. The van der Waals surface area contributed by atoms with Gasteiger partial charge in [-0.3, -0.25) is 0 Å². The third kappa shape index (κ3) is 3.38. The van der Waals surface area contributed by atoms with Crippen LogP contribution in [0, 0.1) is 5.82 Å². The van der Waals surface area contributed by atoms with Gasteiger partial charge in [-0.15, -0.1) is 0 Å². The van der Waals surface area contributed by atoms with Crippen molar-refractivity contribution in [1.82, 2.24) is 9.97 Å². The zero-order chi connectivity index (χ0) is 13.8. The summed E-state index contributed by atoms with van der Waals surface area (Å²) in [5, 5.41) is 0.355. The molecule has 0 aliphatic carbocycles. The van der Waals surface area contributed by atoms with Crippen molar-refractivity contribution in [3.63, 3.8) is 0 Å². The van der Waals surface area contributed by atoms with Gasteiger partial charge in [0, 0.05) is 5.56 Å². The normalized spacial score (nSPS) is 10.7. The predicted octanol–water partition coefficient (Wildman–Crippen LogP) is 4.84. The molecule has 0 amide bonds. The minimum atomic E-state index is -0.398. The van der Waals surface area contributed by atoms with Gasteiger partial charge in [-0.2, -0.15) is 11.8 Å². The lowest BCUT2D eigenvalue weighted by Gasteiger charge is -2.09. The molecule has 2 aromatic rings. The first-order chi connectivity index (χ1) is 9.13. The highest BCUT2D eigenvalue weighted by molar-refractivity contribution is 7.98. The molecule has 19 heavy (non-hydrogen) atoms. The van der Waals surface area contributed by atoms with E-state index in [0.29, 0.717) is 22.7 Å². The molecule has 0 radical (unpaired) electrons. The molecule has 0 atom stereocenters. The molecular formula is C13H11Cl2FN2S. The van der Waals surface area contributed by atoms with Crippen LogP contribution in [-0.4, -0.2) is 15.7 Å². The summed E-state index contributed by atoms with van der Waals surface area (Å²) in [5.74, 6) is 1.74. The summed E-state index contributed by atoms with van der Waals surface area (Å²) in [6.45, 7) is 2.04. The van der Waals surface area contributed by atoms with Gasteiger partial charge in [0.1, 0.15) is 21.9 Å². The Morgan fingerprint density at radius 1 is 1.16 bits per heavy atom. The summed E-state index contributed by atoms with van der Waals surface area (Å²) in [5.41, 5.74) is 0.652. The van der Waals surface area contributed by atoms with Crippen LogP contribution in [-0.2, 0) is 5.75 Å². The van der Waals surface area contributed by atoms with E-state index in [1.807, 2.05) is 6.92 Å². The molecule has 0 unspecified atom stereocenters. The van der Waals surface area contributed by atoms with Crippen molar-refractivity contribution < 1.29 is 4.39 Å². The Balaban J connectivity index is 2.45.